The third kappa shape index (κ3) is 5.71. The minimum absolute atomic E-state index is 0.0219. The topological polar surface area (TPSA) is 84.6 Å². The van der Waals surface area contributed by atoms with Crippen molar-refractivity contribution in [1.82, 2.24) is 5.32 Å². The molecule has 2 aliphatic rings. The smallest absolute Gasteiger partial charge is 0.270 e. The van der Waals surface area contributed by atoms with E-state index in [0.29, 0.717) is 16.1 Å². The van der Waals surface area contributed by atoms with Crippen LogP contribution in [0.5, 0.6) is 0 Å². The summed E-state index contributed by atoms with van der Waals surface area (Å²) >= 11 is 3.13. The fourth-order valence-corrected chi connectivity index (χ4v) is 7.11. The van der Waals surface area contributed by atoms with Gasteiger partial charge in [-0.1, -0.05) is 49.2 Å². The number of nitro groups is 1. The van der Waals surface area contributed by atoms with E-state index in [1.807, 2.05) is 30.3 Å². The molecule has 1 fully saturated rings. The Morgan fingerprint density at radius 2 is 1.83 bits per heavy atom. The number of nitrogens with zero attached hydrogens (tertiary/aromatic N) is 2. The van der Waals surface area contributed by atoms with Crippen LogP contribution >= 0.6 is 23.1 Å². The van der Waals surface area contributed by atoms with Crippen molar-refractivity contribution in [3.8, 4) is 0 Å². The molecule has 5 rings (SSSR count). The van der Waals surface area contributed by atoms with E-state index < -0.39 is 0 Å². The molecule has 6 nitrogen and oxygen atoms in total. The largest absolute Gasteiger partial charge is 0.349 e. The maximum Gasteiger partial charge on any atom is 0.270 e. The number of carbonyl (C=O) groups excluding carboxylic acids is 1. The molecule has 0 saturated heterocycles. The number of non-ortho nitro benzene ring substituents is 1. The van der Waals surface area contributed by atoms with Gasteiger partial charge >= 0.3 is 0 Å². The monoisotopic (exact) mass is 519 g/mol. The van der Waals surface area contributed by atoms with Gasteiger partial charge in [0, 0.05) is 44.6 Å². The van der Waals surface area contributed by atoms with Gasteiger partial charge in [0.15, 0.2) is 0 Å². The second kappa shape index (κ2) is 11.4. The normalized spacial score (nSPS) is 16.1. The number of rotatable bonds is 7. The van der Waals surface area contributed by atoms with Crippen molar-refractivity contribution in [3.63, 3.8) is 0 Å². The maximum absolute atomic E-state index is 13.5. The number of aryl methyl sites for hydroxylation is 1. The molecule has 1 saturated carbocycles. The second-order valence-electron chi connectivity index (χ2n) is 9.35. The van der Waals surface area contributed by atoms with Crippen LogP contribution in [0.15, 0.2) is 63.3 Å². The van der Waals surface area contributed by atoms with Crippen LogP contribution in [0.2, 0.25) is 0 Å². The van der Waals surface area contributed by atoms with Crippen molar-refractivity contribution in [2.45, 2.75) is 73.6 Å². The van der Waals surface area contributed by atoms with E-state index in [9.17, 15) is 14.9 Å². The van der Waals surface area contributed by atoms with Crippen molar-refractivity contribution in [2.75, 3.05) is 0 Å². The zero-order chi connectivity index (χ0) is 24.9. The van der Waals surface area contributed by atoms with Crippen LogP contribution < -0.4 is 5.32 Å². The molecule has 0 atom stereocenters. The molecule has 2 aliphatic carbocycles. The van der Waals surface area contributed by atoms with Gasteiger partial charge in [-0.3, -0.25) is 14.9 Å². The molecule has 2 aromatic carbocycles. The molecule has 8 heteroatoms. The summed E-state index contributed by atoms with van der Waals surface area (Å²) in [5.41, 5.74) is 2.54. The summed E-state index contributed by atoms with van der Waals surface area (Å²) in [4.78, 5) is 32.5. The van der Waals surface area contributed by atoms with E-state index >= 15 is 0 Å². The van der Waals surface area contributed by atoms with Gasteiger partial charge < -0.3 is 5.32 Å². The fourth-order valence-electron chi connectivity index (χ4n) is 4.97. The Labute approximate surface area is 219 Å². The highest BCUT2D eigenvalue weighted by Gasteiger charge is 2.27. The first kappa shape index (κ1) is 24.7. The standard InChI is InChI=1S/C28H29N3O3S2/c32-27(30-20-9-3-1-4-10-20)26-23-13-7-8-14-25(23)36-28(26)29-18-19-17-21(31(33)34)15-16-24(19)35-22-11-5-2-6-12-22/h2,5-6,11-12,15-18,20H,1,3-4,7-10,13-14H2,(H,30,32). The third-order valence-corrected chi connectivity index (χ3v) is 9.12. The number of thiophene rings is 1. The zero-order valence-corrected chi connectivity index (χ0v) is 21.7. The molecule has 36 heavy (non-hydrogen) atoms. The first-order valence-electron chi connectivity index (χ1n) is 12.6. The van der Waals surface area contributed by atoms with Gasteiger partial charge in [0.2, 0.25) is 0 Å². The first-order valence-corrected chi connectivity index (χ1v) is 14.2. The van der Waals surface area contributed by atoms with Crippen molar-refractivity contribution >= 4 is 45.9 Å². The highest BCUT2D eigenvalue weighted by atomic mass is 32.2. The summed E-state index contributed by atoms with van der Waals surface area (Å²) in [6, 6.07) is 15.0. The highest BCUT2D eigenvalue weighted by molar-refractivity contribution is 7.99. The number of nitrogens with one attached hydrogen (secondary N) is 1. The molecular formula is C28H29N3O3S2. The van der Waals surface area contributed by atoms with Crippen LogP contribution in [0.25, 0.3) is 0 Å². The van der Waals surface area contributed by atoms with Gasteiger partial charge in [-0.15, -0.1) is 11.3 Å². The number of hydrogen-bond acceptors (Lipinski definition) is 6. The fraction of sp³-hybridized carbons (Fsp3) is 0.357. The number of benzene rings is 2. The predicted molar refractivity (Wildman–Crippen MR) is 146 cm³/mol. The number of hydrogen-bond donors (Lipinski definition) is 1. The summed E-state index contributed by atoms with van der Waals surface area (Å²) in [5.74, 6) is -0.0219. The van der Waals surface area contributed by atoms with Crippen molar-refractivity contribution in [1.29, 1.82) is 0 Å². The van der Waals surface area contributed by atoms with Crippen LogP contribution in [0.3, 0.4) is 0 Å². The quantitative estimate of drug-likeness (QED) is 0.199. The molecule has 0 bridgehead atoms. The van der Waals surface area contributed by atoms with E-state index in [2.05, 4.69) is 5.32 Å². The number of fused-ring (bicyclic) bond motifs is 1. The molecule has 3 aromatic rings. The Bertz CT molecular complexity index is 1280. The van der Waals surface area contributed by atoms with E-state index in [1.165, 1.54) is 17.4 Å². The summed E-state index contributed by atoms with van der Waals surface area (Å²) < 4.78 is 0. The molecular weight excluding hydrogens is 490 g/mol. The Morgan fingerprint density at radius 3 is 2.61 bits per heavy atom. The summed E-state index contributed by atoms with van der Waals surface area (Å²) in [6.45, 7) is 0. The lowest BCUT2D eigenvalue weighted by Gasteiger charge is -2.23. The third-order valence-electron chi connectivity index (χ3n) is 6.82. The van der Waals surface area contributed by atoms with Gasteiger partial charge in [0.1, 0.15) is 5.00 Å². The molecule has 0 spiro atoms. The second-order valence-corrected chi connectivity index (χ2v) is 11.6. The van der Waals surface area contributed by atoms with Gasteiger partial charge in [-0.2, -0.15) is 0 Å². The Balaban J connectivity index is 1.48. The summed E-state index contributed by atoms with van der Waals surface area (Å²) in [5, 5.41) is 15.4. The number of nitro benzene ring substituents is 1. The van der Waals surface area contributed by atoms with Crippen LogP contribution in [0.4, 0.5) is 10.7 Å². The van der Waals surface area contributed by atoms with Crippen molar-refractivity contribution < 1.29 is 9.72 Å². The van der Waals surface area contributed by atoms with Gasteiger partial charge in [0.25, 0.3) is 11.6 Å². The number of amides is 1. The Hall–Kier alpha value is -2.97. The van der Waals surface area contributed by atoms with Crippen molar-refractivity contribution in [2.24, 2.45) is 4.99 Å². The number of carbonyl (C=O) groups is 1. The molecule has 1 aromatic heterocycles. The summed E-state index contributed by atoms with van der Waals surface area (Å²) in [6.07, 6.45) is 11.4. The predicted octanol–water partition coefficient (Wildman–Crippen LogP) is 7.50. The molecule has 1 heterocycles. The van der Waals surface area contributed by atoms with Gasteiger partial charge in [-0.25, -0.2) is 4.99 Å². The van der Waals surface area contributed by atoms with E-state index in [0.717, 1.165) is 66.7 Å². The van der Waals surface area contributed by atoms with Crippen molar-refractivity contribution in [3.05, 3.63) is 80.2 Å². The zero-order valence-electron chi connectivity index (χ0n) is 20.1. The highest BCUT2D eigenvalue weighted by Crippen LogP contribution is 2.40. The molecule has 0 unspecified atom stereocenters. The molecule has 0 aliphatic heterocycles. The van der Waals surface area contributed by atoms with E-state index in [4.69, 9.17) is 4.99 Å². The SMILES string of the molecule is O=C(NC1CCCCC1)c1c(N=Cc2cc([N+](=O)[O-])ccc2Sc2ccccc2)sc2c1CCCC2. The van der Waals surface area contributed by atoms with Gasteiger partial charge in [0.05, 0.1) is 10.5 Å². The van der Waals surface area contributed by atoms with Gasteiger partial charge in [-0.05, 0) is 62.3 Å². The molecule has 1 N–H and O–H groups in total. The first-order chi connectivity index (χ1) is 17.6. The minimum Gasteiger partial charge on any atom is -0.349 e. The average Bonchev–Trinajstić information content (AvgIpc) is 3.28. The maximum atomic E-state index is 13.5. The van der Waals surface area contributed by atoms with Crippen LogP contribution in [-0.2, 0) is 12.8 Å². The summed E-state index contributed by atoms with van der Waals surface area (Å²) in [7, 11) is 0. The lowest BCUT2D eigenvalue weighted by Crippen LogP contribution is -2.36. The van der Waals surface area contributed by atoms with Crippen LogP contribution in [0.1, 0.15) is 71.3 Å². The Kier molecular flexibility index (Phi) is 7.82. The molecule has 0 radical (unpaired) electrons. The minimum atomic E-state index is -0.388. The van der Waals surface area contributed by atoms with Crippen LogP contribution in [0, 0.1) is 10.1 Å². The lowest BCUT2D eigenvalue weighted by molar-refractivity contribution is -0.384. The molecule has 186 valence electrons. The average molecular weight is 520 g/mol. The van der Waals surface area contributed by atoms with E-state index in [-0.39, 0.29) is 22.6 Å². The Morgan fingerprint density at radius 1 is 1.06 bits per heavy atom. The van der Waals surface area contributed by atoms with Crippen LogP contribution in [-0.4, -0.2) is 23.1 Å². The van der Waals surface area contributed by atoms with E-state index in [1.54, 1.807) is 41.4 Å². The molecule has 1 amide bonds. The lowest BCUT2D eigenvalue weighted by atomic mass is 9.93. The number of aliphatic imine (C=N–C) groups is 1.